The van der Waals surface area contributed by atoms with Gasteiger partial charge >= 0.3 is 84.8 Å². The number of rotatable bonds is 15. The Balaban J connectivity index is 0.000000415. The van der Waals surface area contributed by atoms with Crippen LogP contribution in [0.15, 0.2) is 0 Å². The summed E-state index contributed by atoms with van der Waals surface area (Å²) in [6, 6.07) is 0. The molecule has 4 rings (SSSR count). The Morgan fingerprint density at radius 1 is 0.463 bits per heavy atom. The van der Waals surface area contributed by atoms with Crippen LogP contribution in [0.25, 0.3) is 0 Å². The normalized spacial score (nSPS) is 27.4. The molecule has 0 aromatic carbocycles. The maximum absolute atomic E-state index is 13.7. The molecule has 0 aliphatic heterocycles. The molecule has 0 heterocycles. The third kappa shape index (κ3) is 12.1. The average molecular weight is 1240 g/mol. The molecule has 4 bridgehead atoms. The Bertz CT molecular complexity index is 2150. The molecule has 0 spiro atoms. The van der Waals surface area contributed by atoms with Crippen LogP contribution < -0.4 is 0 Å². The highest BCUT2D eigenvalue weighted by molar-refractivity contribution is 5.78. The molecule has 4 saturated carbocycles. The number of hydrogen-bond donors (Lipinski definition) is 2. The number of alkyl halides is 27. The zero-order chi connectivity index (χ0) is 63.9. The Morgan fingerprint density at radius 2 is 0.787 bits per heavy atom. The lowest BCUT2D eigenvalue weighted by molar-refractivity contribution is -0.414. The molecule has 8 nitrogen and oxygen atoms in total. The molecular weight excluding hydrogens is 1180 g/mol. The van der Waals surface area contributed by atoms with Crippen molar-refractivity contribution < 1.29 is 157 Å². The van der Waals surface area contributed by atoms with Crippen LogP contribution in [-0.2, 0) is 28.6 Å². The van der Waals surface area contributed by atoms with Gasteiger partial charge in [0.05, 0.1) is 11.8 Å². The molecule has 0 radical (unpaired) electrons. The highest BCUT2D eigenvalue weighted by Gasteiger charge is 2.88. The number of ether oxygens (including phenoxy) is 3. The third-order valence-electron chi connectivity index (χ3n) is 16.6. The predicted molar refractivity (Wildman–Crippen MR) is 217 cm³/mol. The van der Waals surface area contributed by atoms with Crippen molar-refractivity contribution >= 4 is 17.9 Å². The molecule has 4 aliphatic carbocycles. The van der Waals surface area contributed by atoms with Crippen LogP contribution in [0.3, 0.4) is 0 Å². The van der Waals surface area contributed by atoms with E-state index in [1.54, 1.807) is 6.92 Å². The fourth-order valence-corrected chi connectivity index (χ4v) is 10.5. The van der Waals surface area contributed by atoms with Crippen LogP contribution >= 0.6 is 0 Å². The maximum Gasteiger partial charge on any atom is 0.430 e. The van der Waals surface area contributed by atoms with Crippen molar-refractivity contribution in [1.82, 2.24) is 0 Å². The molecule has 4 fully saturated rings. The Kier molecular flexibility index (Phi) is 20.1. The van der Waals surface area contributed by atoms with Gasteiger partial charge in [-0.3, -0.25) is 14.4 Å². The van der Waals surface area contributed by atoms with Crippen LogP contribution in [0.2, 0.25) is 0 Å². The van der Waals surface area contributed by atoms with Crippen LogP contribution in [0.5, 0.6) is 0 Å². The minimum absolute atomic E-state index is 0.0131. The first-order valence-electron chi connectivity index (χ1n) is 23.6. The van der Waals surface area contributed by atoms with E-state index in [0.29, 0.717) is 39.0 Å². The van der Waals surface area contributed by atoms with Gasteiger partial charge in [-0.15, -0.1) is 0 Å². The van der Waals surface area contributed by atoms with E-state index in [1.165, 1.54) is 0 Å². The zero-order valence-electron chi connectivity index (χ0n) is 43.1. The smallest absolute Gasteiger partial charge is 0.430 e. The summed E-state index contributed by atoms with van der Waals surface area (Å²) in [6.07, 6.45) is -34.9. The number of carbonyl (C=O) groups excluding carboxylic acids is 3. The molecule has 472 valence electrons. The van der Waals surface area contributed by atoms with Crippen molar-refractivity contribution in [1.29, 1.82) is 0 Å². The minimum Gasteiger partial charge on any atom is -0.459 e. The van der Waals surface area contributed by atoms with Crippen LogP contribution in [0.4, 0.5) is 119 Å². The SMILES string of the molecule is CC1C2CC(C(=O)OC(C)(C)C(O)(C(F)(F)F)C(F)(F)F)C(C2)C1C.CC1C2CC(C(=O)OCC(F)(F)C(F)(F)C(F)(F)C(F)(F)C(F)(F)C(F)F)C(C2)C1C.CCC(C)(C(=O)OC(C)(C)C(O)(C(F)(F)F)C(F)(F)F)C(F)(F)F. The van der Waals surface area contributed by atoms with Gasteiger partial charge in [-0.2, -0.15) is 110 Å². The molecule has 35 heteroatoms. The highest BCUT2D eigenvalue weighted by Crippen LogP contribution is 2.61. The first kappa shape index (κ1) is 72.5. The molecule has 4 aliphatic rings. The van der Waals surface area contributed by atoms with E-state index in [4.69, 9.17) is 0 Å². The number of fused-ring (bicyclic) bond motifs is 4. The number of aliphatic hydroxyl groups is 2. The molecule has 0 aromatic heterocycles. The second kappa shape index (κ2) is 22.1. The van der Waals surface area contributed by atoms with Crippen molar-refractivity contribution in [2.24, 2.45) is 64.6 Å². The fourth-order valence-electron chi connectivity index (χ4n) is 10.5. The van der Waals surface area contributed by atoms with E-state index >= 15 is 0 Å². The summed E-state index contributed by atoms with van der Waals surface area (Å²) in [7, 11) is 0. The lowest BCUT2D eigenvalue weighted by Gasteiger charge is -2.44. The summed E-state index contributed by atoms with van der Waals surface area (Å²) < 4.78 is 363. The van der Waals surface area contributed by atoms with Crippen LogP contribution in [0, 0.1) is 64.6 Å². The fraction of sp³-hybridized carbons (Fsp3) is 0.933. The van der Waals surface area contributed by atoms with E-state index in [9.17, 15) is 143 Å². The van der Waals surface area contributed by atoms with Gasteiger partial charge in [0, 0.05) is 0 Å². The Morgan fingerprint density at radius 3 is 1.06 bits per heavy atom. The summed E-state index contributed by atoms with van der Waals surface area (Å²) in [4.78, 5) is 36.0. The van der Waals surface area contributed by atoms with Gasteiger partial charge in [-0.25, -0.2) is 8.78 Å². The van der Waals surface area contributed by atoms with Gasteiger partial charge in [0.1, 0.15) is 0 Å². The van der Waals surface area contributed by atoms with E-state index < -0.39 is 138 Å². The topological polar surface area (TPSA) is 119 Å². The second-order valence-electron chi connectivity index (χ2n) is 21.8. The molecule has 0 saturated heterocycles. The largest absolute Gasteiger partial charge is 0.459 e. The highest BCUT2D eigenvalue weighted by atomic mass is 19.4. The standard InChI is InChI=1S/C17H18F12O2.C16H22F6O3.C12H15F9O3/c1-6-7(2)9-3-8(6)4-10(9)11(30)31-5-13(20,21)15(24,25)17(28,29)16(26,27)14(22,23)12(18)19;1-7-8(2)10-5-9(7)6-11(10)12(23)25-13(3,4)14(24,15(17,18)19)16(20,21)22;1-5-8(4,10(13,14)15)6(22)24-7(2,3)9(23,11(16,17)18)12(19,20)21/h6-10,12H,3-5H2,1-2H3;7-11,24H,5-6H2,1-4H3;23H,5H2,1-4H3. The second-order valence-corrected chi connectivity index (χ2v) is 21.8. The lowest BCUT2D eigenvalue weighted by atomic mass is 9.75. The maximum atomic E-state index is 13.7. The third-order valence-corrected chi connectivity index (χ3v) is 16.6. The van der Waals surface area contributed by atoms with Gasteiger partial charge < -0.3 is 24.4 Å². The molecule has 11 atom stereocenters. The summed E-state index contributed by atoms with van der Waals surface area (Å²) in [5, 5.41) is 18.7. The van der Waals surface area contributed by atoms with Crippen molar-refractivity contribution in [2.45, 2.75) is 191 Å². The monoisotopic (exact) mass is 1240 g/mol. The molecule has 0 aromatic rings. The number of halogens is 27. The van der Waals surface area contributed by atoms with Crippen LogP contribution in [-0.4, -0.2) is 124 Å². The molecular formula is C45H55F27O8. The zero-order valence-corrected chi connectivity index (χ0v) is 43.1. The Hall–Kier alpha value is -3.56. The van der Waals surface area contributed by atoms with Crippen molar-refractivity contribution in [3.63, 3.8) is 0 Å². The summed E-state index contributed by atoms with van der Waals surface area (Å²) in [5.41, 5.74) is -21.1. The first-order chi connectivity index (χ1) is 35.0. The van der Waals surface area contributed by atoms with Gasteiger partial charge in [-0.1, -0.05) is 34.6 Å². The molecule has 2 N–H and O–H groups in total. The van der Waals surface area contributed by atoms with E-state index in [0.717, 1.165) is 6.92 Å². The van der Waals surface area contributed by atoms with Crippen molar-refractivity contribution in [2.75, 3.05) is 6.61 Å². The van der Waals surface area contributed by atoms with Gasteiger partial charge in [0.25, 0.3) is 11.2 Å². The van der Waals surface area contributed by atoms with Gasteiger partial charge in [0.2, 0.25) is 0 Å². The Labute approximate surface area is 437 Å². The van der Waals surface area contributed by atoms with Crippen LogP contribution in [0.1, 0.15) is 101 Å². The van der Waals surface area contributed by atoms with Gasteiger partial charge in [-0.05, 0) is 114 Å². The number of esters is 3. The quantitative estimate of drug-likeness (QED) is 0.0945. The average Bonchev–Trinajstić information content (AvgIpc) is 4.04. The van der Waals surface area contributed by atoms with E-state index in [-0.39, 0.29) is 68.6 Å². The minimum atomic E-state index is -7.62. The van der Waals surface area contributed by atoms with Crippen molar-refractivity contribution in [3.05, 3.63) is 0 Å². The number of carbonyl (C=O) groups is 3. The summed E-state index contributed by atoms with van der Waals surface area (Å²) in [5.74, 6) is -42.1. The first-order valence-corrected chi connectivity index (χ1v) is 23.6. The van der Waals surface area contributed by atoms with Crippen molar-refractivity contribution in [3.8, 4) is 0 Å². The predicted octanol–water partition coefficient (Wildman–Crippen LogP) is 14.1. The lowest BCUT2D eigenvalue weighted by Crippen LogP contribution is -2.70. The molecule has 0 amide bonds. The summed E-state index contributed by atoms with van der Waals surface area (Å²) in [6.45, 7) is 6.78. The molecule has 11 unspecified atom stereocenters. The van der Waals surface area contributed by atoms with E-state index in [2.05, 4.69) is 14.2 Å². The number of hydrogen-bond acceptors (Lipinski definition) is 8. The molecule has 80 heavy (non-hydrogen) atoms. The van der Waals surface area contributed by atoms with E-state index in [1.807, 2.05) is 20.8 Å². The summed E-state index contributed by atoms with van der Waals surface area (Å²) >= 11 is 0. The van der Waals surface area contributed by atoms with Gasteiger partial charge in [0.15, 0.2) is 23.2 Å².